The van der Waals surface area contributed by atoms with E-state index >= 15 is 0 Å². The van der Waals surface area contributed by atoms with Crippen LogP contribution in [0.15, 0.2) is 0 Å². The van der Waals surface area contributed by atoms with Crippen LogP contribution >= 0.6 is 0 Å². The lowest BCUT2D eigenvalue weighted by Gasteiger charge is -2.31. The molecule has 2 atom stereocenters. The third-order valence-corrected chi connectivity index (χ3v) is 4.53. The number of likely N-dealkylation sites (tertiary alicyclic amines) is 1. The maximum Gasteiger partial charge on any atom is 0.242 e. The van der Waals surface area contributed by atoms with Gasteiger partial charge < -0.3 is 10.2 Å². The lowest BCUT2D eigenvalue weighted by Crippen LogP contribution is -2.54. The number of carbonyl (C=O) groups excluding carboxylic acids is 1. The molecule has 2 unspecified atom stereocenters. The molecule has 2 aliphatic rings. The Morgan fingerprint density at radius 2 is 2.29 bits per heavy atom. The molecule has 0 saturated carbocycles. The van der Waals surface area contributed by atoms with Gasteiger partial charge in [-0.2, -0.15) is 0 Å². The van der Waals surface area contributed by atoms with E-state index in [1.165, 1.54) is 19.3 Å². The van der Waals surface area contributed by atoms with E-state index in [4.69, 9.17) is 0 Å². The highest BCUT2D eigenvalue weighted by Crippen LogP contribution is 2.29. The van der Waals surface area contributed by atoms with Crippen LogP contribution in [0.5, 0.6) is 0 Å². The molecular weight excluding hydrogens is 212 g/mol. The fraction of sp³-hybridized carbons (Fsp3) is 0.929. The third-order valence-electron chi connectivity index (χ3n) is 4.53. The second-order valence-corrected chi connectivity index (χ2v) is 5.66. The van der Waals surface area contributed by atoms with Crippen LogP contribution in [0.1, 0.15) is 52.4 Å². The van der Waals surface area contributed by atoms with Crippen LogP contribution in [0.25, 0.3) is 0 Å². The van der Waals surface area contributed by atoms with Crippen LogP contribution in [0, 0.1) is 5.92 Å². The van der Waals surface area contributed by atoms with E-state index in [0.29, 0.717) is 5.91 Å². The van der Waals surface area contributed by atoms with Gasteiger partial charge in [-0.05, 0) is 44.6 Å². The fourth-order valence-electron chi connectivity index (χ4n) is 3.41. The lowest BCUT2D eigenvalue weighted by atomic mass is 9.92. The van der Waals surface area contributed by atoms with E-state index in [0.717, 1.165) is 44.8 Å². The van der Waals surface area contributed by atoms with Crippen molar-refractivity contribution in [2.75, 3.05) is 19.6 Å². The van der Waals surface area contributed by atoms with Gasteiger partial charge in [0.25, 0.3) is 0 Å². The molecule has 0 bridgehead atoms. The lowest BCUT2D eigenvalue weighted by molar-refractivity contribution is -0.137. The maximum absolute atomic E-state index is 12.6. The van der Waals surface area contributed by atoms with E-state index in [1.54, 1.807) is 0 Å². The van der Waals surface area contributed by atoms with Gasteiger partial charge in [0, 0.05) is 13.1 Å². The zero-order valence-electron chi connectivity index (χ0n) is 11.3. The summed E-state index contributed by atoms with van der Waals surface area (Å²) in [4.78, 5) is 14.7. The molecule has 1 N–H and O–H groups in total. The first-order chi connectivity index (χ1) is 8.22. The van der Waals surface area contributed by atoms with Gasteiger partial charge in [0.05, 0.1) is 5.54 Å². The standard InChI is InChI=1S/C14H26N2O/c1-3-6-12-7-10-16(11-12)13(17)14(4-2)8-5-9-15-14/h12,15H,3-11H2,1-2H3. The van der Waals surface area contributed by atoms with Crippen molar-refractivity contribution in [3.63, 3.8) is 0 Å². The van der Waals surface area contributed by atoms with E-state index < -0.39 is 0 Å². The molecule has 1 amide bonds. The van der Waals surface area contributed by atoms with Crippen molar-refractivity contribution in [1.82, 2.24) is 10.2 Å². The van der Waals surface area contributed by atoms with Crippen molar-refractivity contribution in [3.8, 4) is 0 Å². The molecule has 0 aromatic heterocycles. The summed E-state index contributed by atoms with van der Waals surface area (Å²) in [7, 11) is 0. The zero-order valence-corrected chi connectivity index (χ0v) is 11.3. The summed E-state index contributed by atoms with van der Waals surface area (Å²) >= 11 is 0. The Balaban J connectivity index is 1.96. The minimum atomic E-state index is -0.221. The molecule has 2 aliphatic heterocycles. The van der Waals surface area contributed by atoms with Crippen molar-refractivity contribution < 1.29 is 4.79 Å². The summed E-state index contributed by atoms with van der Waals surface area (Å²) < 4.78 is 0. The number of nitrogens with zero attached hydrogens (tertiary/aromatic N) is 1. The molecule has 2 heterocycles. The van der Waals surface area contributed by atoms with Gasteiger partial charge in [0.2, 0.25) is 5.91 Å². The summed E-state index contributed by atoms with van der Waals surface area (Å²) in [5, 5.41) is 3.45. The van der Waals surface area contributed by atoms with Crippen LogP contribution < -0.4 is 5.32 Å². The van der Waals surface area contributed by atoms with Crippen molar-refractivity contribution in [2.45, 2.75) is 57.9 Å². The molecule has 2 rings (SSSR count). The normalized spacial score (nSPS) is 33.3. The number of hydrogen-bond acceptors (Lipinski definition) is 2. The monoisotopic (exact) mass is 238 g/mol. The highest BCUT2D eigenvalue weighted by Gasteiger charge is 2.43. The molecule has 98 valence electrons. The quantitative estimate of drug-likeness (QED) is 0.814. The van der Waals surface area contributed by atoms with Gasteiger partial charge in [-0.3, -0.25) is 4.79 Å². The smallest absolute Gasteiger partial charge is 0.242 e. The van der Waals surface area contributed by atoms with Crippen molar-refractivity contribution in [3.05, 3.63) is 0 Å². The van der Waals surface area contributed by atoms with E-state index in [2.05, 4.69) is 24.1 Å². The van der Waals surface area contributed by atoms with Gasteiger partial charge in [0.1, 0.15) is 0 Å². The third kappa shape index (κ3) is 2.49. The summed E-state index contributed by atoms with van der Waals surface area (Å²) in [6.45, 7) is 7.35. The minimum Gasteiger partial charge on any atom is -0.341 e. The van der Waals surface area contributed by atoms with Gasteiger partial charge in [-0.1, -0.05) is 20.3 Å². The van der Waals surface area contributed by atoms with Crippen molar-refractivity contribution in [2.24, 2.45) is 5.92 Å². The minimum absolute atomic E-state index is 0.221. The number of carbonyl (C=O) groups is 1. The second-order valence-electron chi connectivity index (χ2n) is 5.66. The summed E-state index contributed by atoms with van der Waals surface area (Å²) in [5.41, 5.74) is -0.221. The average Bonchev–Trinajstić information content (AvgIpc) is 2.98. The molecule has 0 aliphatic carbocycles. The summed E-state index contributed by atoms with van der Waals surface area (Å²) in [6, 6.07) is 0. The molecule has 17 heavy (non-hydrogen) atoms. The molecule has 2 fully saturated rings. The SMILES string of the molecule is CCCC1CCN(C(=O)C2(CC)CCCN2)C1. The van der Waals surface area contributed by atoms with Crippen molar-refractivity contribution >= 4 is 5.91 Å². The molecule has 0 radical (unpaired) electrons. The Labute approximate surface area is 105 Å². The first kappa shape index (κ1) is 12.9. The van der Waals surface area contributed by atoms with Crippen LogP contribution in [-0.2, 0) is 4.79 Å². The van der Waals surface area contributed by atoms with Crippen LogP contribution in [0.2, 0.25) is 0 Å². The molecule has 2 saturated heterocycles. The predicted molar refractivity (Wildman–Crippen MR) is 69.9 cm³/mol. The summed E-state index contributed by atoms with van der Waals surface area (Å²) in [5.74, 6) is 1.12. The molecule has 3 heteroatoms. The van der Waals surface area contributed by atoms with Gasteiger partial charge in [-0.25, -0.2) is 0 Å². The number of rotatable bonds is 4. The topological polar surface area (TPSA) is 32.3 Å². The Bertz CT molecular complexity index is 271. The summed E-state index contributed by atoms with van der Waals surface area (Å²) in [6.07, 6.45) is 6.82. The highest BCUT2D eigenvalue weighted by molar-refractivity contribution is 5.87. The predicted octanol–water partition coefficient (Wildman–Crippen LogP) is 2.17. The van der Waals surface area contributed by atoms with E-state index in [9.17, 15) is 4.79 Å². The number of amides is 1. The fourth-order valence-corrected chi connectivity index (χ4v) is 3.41. The molecule has 0 aromatic rings. The first-order valence-corrected chi connectivity index (χ1v) is 7.26. The average molecular weight is 238 g/mol. The van der Waals surface area contributed by atoms with Gasteiger partial charge >= 0.3 is 0 Å². The van der Waals surface area contributed by atoms with Crippen molar-refractivity contribution in [1.29, 1.82) is 0 Å². The van der Waals surface area contributed by atoms with Gasteiger partial charge in [-0.15, -0.1) is 0 Å². The maximum atomic E-state index is 12.6. The molecule has 0 aromatic carbocycles. The van der Waals surface area contributed by atoms with Gasteiger partial charge in [0.15, 0.2) is 0 Å². The Morgan fingerprint density at radius 1 is 1.47 bits per heavy atom. The largest absolute Gasteiger partial charge is 0.341 e. The molecule has 3 nitrogen and oxygen atoms in total. The van der Waals surface area contributed by atoms with Crippen LogP contribution in [-0.4, -0.2) is 36.0 Å². The van der Waals surface area contributed by atoms with Crippen LogP contribution in [0.3, 0.4) is 0 Å². The second kappa shape index (κ2) is 5.38. The van der Waals surface area contributed by atoms with E-state index in [1.807, 2.05) is 0 Å². The number of nitrogens with one attached hydrogen (secondary N) is 1. The molecule has 0 spiro atoms. The number of hydrogen-bond donors (Lipinski definition) is 1. The Hall–Kier alpha value is -0.570. The zero-order chi connectivity index (χ0) is 12.3. The van der Waals surface area contributed by atoms with Crippen LogP contribution in [0.4, 0.5) is 0 Å². The Morgan fingerprint density at radius 3 is 2.88 bits per heavy atom. The molecular formula is C14H26N2O. The Kier molecular flexibility index (Phi) is 4.08. The first-order valence-electron chi connectivity index (χ1n) is 7.26. The van der Waals surface area contributed by atoms with E-state index in [-0.39, 0.29) is 5.54 Å². The highest BCUT2D eigenvalue weighted by atomic mass is 16.2.